The number of carbonyl (C=O) groups excluding carboxylic acids is 3. The Morgan fingerprint density at radius 1 is 0.885 bits per heavy atom. The predicted molar refractivity (Wildman–Crippen MR) is 188 cm³/mol. The standard InChI is InChI=1S/C35H38F2N5O9P/c1-4-49-52(46,50-5-2)21-42(34(38)45)16-17-48-31-20-27-25(19-30(31)47-3)28(12-15-39-27)51-29-11-10-24(18-26(29)37)41-33(44)35(13-14-35)32(43)40-23-8-6-22(36)7-9-23/h6-12,15,18-20H,4-5,13-14,16-17,21H2,1-3H3,(H2,38,45)(H,40,43)(H,41,44). The number of methoxy groups -OCH3 is 1. The molecule has 52 heavy (non-hydrogen) atoms. The Kier molecular flexibility index (Phi) is 11.9. The monoisotopic (exact) mass is 741 g/mol. The molecule has 0 unspecified atom stereocenters. The van der Waals surface area contributed by atoms with Gasteiger partial charge in [-0.25, -0.2) is 13.6 Å². The van der Waals surface area contributed by atoms with E-state index in [9.17, 15) is 23.3 Å². The van der Waals surface area contributed by atoms with Crippen LogP contribution in [-0.4, -0.2) is 67.5 Å². The minimum Gasteiger partial charge on any atom is -0.493 e. The van der Waals surface area contributed by atoms with Gasteiger partial charge in [0.15, 0.2) is 23.1 Å². The molecule has 276 valence electrons. The summed E-state index contributed by atoms with van der Waals surface area (Å²) >= 11 is 0. The van der Waals surface area contributed by atoms with Crippen molar-refractivity contribution in [1.82, 2.24) is 9.88 Å². The molecule has 0 atom stereocenters. The zero-order valence-electron chi connectivity index (χ0n) is 28.6. The van der Waals surface area contributed by atoms with Crippen LogP contribution in [0.5, 0.6) is 23.0 Å². The van der Waals surface area contributed by atoms with Crippen molar-refractivity contribution < 1.29 is 51.0 Å². The summed E-state index contributed by atoms with van der Waals surface area (Å²) in [5.41, 5.74) is 5.06. The molecule has 4 amide bonds. The molecule has 0 bridgehead atoms. The summed E-state index contributed by atoms with van der Waals surface area (Å²) in [5.74, 6) is -1.74. The Hall–Kier alpha value is -5.31. The number of nitrogens with two attached hydrogens (primary N) is 1. The number of aromatic nitrogens is 1. The number of hydrogen-bond acceptors (Lipinski definition) is 10. The Bertz CT molecular complexity index is 1990. The maximum absolute atomic E-state index is 15.3. The fourth-order valence-electron chi connectivity index (χ4n) is 5.22. The first kappa shape index (κ1) is 37.9. The predicted octanol–water partition coefficient (Wildman–Crippen LogP) is 6.65. The van der Waals surface area contributed by atoms with Gasteiger partial charge < -0.3 is 44.5 Å². The molecule has 0 radical (unpaired) electrons. The number of benzene rings is 3. The first-order valence-electron chi connectivity index (χ1n) is 16.3. The largest absolute Gasteiger partial charge is 0.493 e. The Balaban J connectivity index is 1.25. The lowest BCUT2D eigenvalue weighted by molar-refractivity contribution is -0.131. The molecule has 1 fully saturated rings. The third kappa shape index (κ3) is 8.94. The highest BCUT2D eigenvalue weighted by molar-refractivity contribution is 7.53. The minimum absolute atomic E-state index is 0.0445. The molecule has 1 aliphatic rings. The fraction of sp³-hybridized carbons (Fsp3) is 0.314. The van der Waals surface area contributed by atoms with E-state index in [0.717, 1.165) is 11.0 Å². The maximum atomic E-state index is 15.3. The van der Waals surface area contributed by atoms with Crippen LogP contribution >= 0.6 is 7.60 Å². The quantitative estimate of drug-likeness (QED) is 0.0783. The SMILES string of the molecule is CCOP(=O)(CN(CCOc1cc2nccc(Oc3ccc(NC(=O)C4(C(=O)Nc5ccc(F)cc5)CC4)cc3F)c2cc1OC)C(N)=O)OCC. The van der Waals surface area contributed by atoms with E-state index in [-0.39, 0.29) is 61.3 Å². The van der Waals surface area contributed by atoms with Gasteiger partial charge in [-0.1, -0.05) is 0 Å². The molecule has 1 aliphatic carbocycles. The number of halogens is 2. The summed E-state index contributed by atoms with van der Waals surface area (Å²) in [6, 6.07) is 12.9. The molecule has 4 aromatic rings. The molecule has 17 heteroatoms. The van der Waals surface area contributed by atoms with Crippen molar-refractivity contribution in [3.8, 4) is 23.0 Å². The molecular weight excluding hydrogens is 703 g/mol. The molecule has 14 nitrogen and oxygen atoms in total. The van der Waals surface area contributed by atoms with E-state index in [1.54, 1.807) is 26.0 Å². The molecule has 0 saturated heterocycles. The second kappa shape index (κ2) is 16.4. The van der Waals surface area contributed by atoms with Gasteiger partial charge in [-0.15, -0.1) is 0 Å². The van der Waals surface area contributed by atoms with E-state index < -0.39 is 42.5 Å². The molecule has 4 N–H and O–H groups in total. The van der Waals surface area contributed by atoms with E-state index in [4.69, 9.17) is 29.0 Å². The number of nitrogens with zero attached hydrogens (tertiary/aromatic N) is 2. The van der Waals surface area contributed by atoms with Crippen molar-refractivity contribution in [2.45, 2.75) is 26.7 Å². The second-order valence-electron chi connectivity index (χ2n) is 11.6. The van der Waals surface area contributed by atoms with Crippen molar-refractivity contribution in [3.63, 3.8) is 0 Å². The van der Waals surface area contributed by atoms with E-state index >= 15 is 4.39 Å². The van der Waals surface area contributed by atoms with Crippen LogP contribution in [0.4, 0.5) is 25.0 Å². The summed E-state index contributed by atoms with van der Waals surface area (Å²) in [5, 5.41) is 5.69. The average molecular weight is 742 g/mol. The van der Waals surface area contributed by atoms with Gasteiger partial charge in [0.2, 0.25) is 11.8 Å². The summed E-state index contributed by atoms with van der Waals surface area (Å²) in [6.07, 6.45) is 1.71. The van der Waals surface area contributed by atoms with E-state index in [1.807, 2.05) is 0 Å². The van der Waals surface area contributed by atoms with Crippen molar-refractivity contribution >= 4 is 47.7 Å². The van der Waals surface area contributed by atoms with Crippen LogP contribution in [0.15, 0.2) is 66.9 Å². The van der Waals surface area contributed by atoms with E-state index in [1.165, 1.54) is 55.8 Å². The Labute approximate surface area is 298 Å². The molecular formula is C35H38F2N5O9P. The Morgan fingerprint density at radius 2 is 1.54 bits per heavy atom. The minimum atomic E-state index is -3.60. The van der Waals surface area contributed by atoms with Gasteiger partial charge >= 0.3 is 13.6 Å². The molecule has 1 aromatic heterocycles. The number of primary amides is 1. The van der Waals surface area contributed by atoms with E-state index in [2.05, 4.69) is 15.6 Å². The molecule has 1 heterocycles. The number of carbonyl (C=O) groups is 3. The zero-order valence-corrected chi connectivity index (χ0v) is 29.5. The number of hydrogen-bond donors (Lipinski definition) is 3. The van der Waals surface area contributed by atoms with Crippen molar-refractivity contribution in [2.75, 3.05) is 50.4 Å². The fourth-order valence-corrected chi connectivity index (χ4v) is 6.95. The molecule has 0 spiro atoms. The van der Waals surface area contributed by atoms with Crippen LogP contribution in [-0.2, 0) is 23.2 Å². The third-order valence-corrected chi connectivity index (χ3v) is 10.0. The lowest BCUT2D eigenvalue weighted by Crippen LogP contribution is -2.39. The lowest BCUT2D eigenvalue weighted by Gasteiger charge is -2.25. The topological polar surface area (TPSA) is 181 Å². The lowest BCUT2D eigenvalue weighted by atomic mass is 10.0. The first-order valence-corrected chi connectivity index (χ1v) is 18.0. The van der Waals surface area contributed by atoms with Crippen LogP contribution in [0, 0.1) is 17.0 Å². The molecule has 0 aliphatic heterocycles. The maximum Gasteiger partial charge on any atom is 0.349 e. The Morgan fingerprint density at radius 3 is 2.13 bits per heavy atom. The summed E-state index contributed by atoms with van der Waals surface area (Å²) in [7, 11) is -2.18. The van der Waals surface area contributed by atoms with Gasteiger partial charge in [-0.3, -0.25) is 19.1 Å². The normalized spacial score (nSPS) is 13.2. The summed E-state index contributed by atoms with van der Waals surface area (Å²) < 4.78 is 69.3. The van der Waals surface area contributed by atoms with E-state index in [0.29, 0.717) is 29.4 Å². The van der Waals surface area contributed by atoms with Crippen LogP contribution in [0.3, 0.4) is 0 Å². The third-order valence-electron chi connectivity index (χ3n) is 8.04. The van der Waals surface area contributed by atoms with Crippen LogP contribution in [0.25, 0.3) is 10.9 Å². The average Bonchev–Trinajstić information content (AvgIpc) is 3.93. The number of rotatable bonds is 17. The molecule has 5 rings (SSSR count). The number of ether oxygens (including phenoxy) is 3. The smallest absolute Gasteiger partial charge is 0.349 e. The highest BCUT2D eigenvalue weighted by Crippen LogP contribution is 2.49. The van der Waals surface area contributed by atoms with Crippen molar-refractivity contribution in [3.05, 3.63) is 78.5 Å². The van der Waals surface area contributed by atoms with Crippen LogP contribution in [0.2, 0.25) is 0 Å². The first-order chi connectivity index (χ1) is 24.9. The number of fused-ring (bicyclic) bond motifs is 1. The van der Waals surface area contributed by atoms with Gasteiger partial charge in [0.05, 0.1) is 32.4 Å². The highest BCUT2D eigenvalue weighted by Gasteiger charge is 2.56. The van der Waals surface area contributed by atoms with Gasteiger partial charge in [0.1, 0.15) is 29.9 Å². The highest BCUT2D eigenvalue weighted by atomic mass is 31.2. The van der Waals surface area contributed by atoms with Gasteiger partial charge in [0, 0.05) is 35.1 Å². The van der Waals surface area contributed by atoms with Gasteiger partial charge in [0.25, 0.3) is 0 Å². The number of nitrogens with one attached hydrogen (secondary N) is 2. The van der Waals surface area contributed by atoms with Gasteiger partial charge in [-0.05, 0) is 75.2 Å². The summed E-state index contributed by atoms with van der Waals surface area (Å²) in [4.78, 5) is 43.5. The zero-order chi connectivity index (χ0) is 37.5. The number of amides is 4. The van der Waals surface area contributed by atoms with Gasteiger partial charge in [-0.2, -0.15) is 0 Å². The van der Waals surface area contributed by atoms with Crippen LogP contribution < -0.4 is 30.6 Å². The number of pyridine rings is 1. The number of anilines is 2. The van der Waals surface area contributed by atoms with Crippen molar-refractivity contribution in [2.24, 2.45) is 11.1 Å². The molecule has 1 saturated carbocycles. The second-order valence-corrected chi connectivity index (χ2v) is 13.6. The van der Waals surface area contributed by atoms with Crippen molar-refractivity contribution in [1.29, 1.82) is 0 Å². The van der Waals surface area contributed by atoms with Crippen LogP contribution in [0.1, 0.15) is 26.7 Å². The summed E-state index contributed by atoms with van der Waals surface area (Å²) in [6.45, 7) is 3.44. The molecule has 3 aromatic carbocycles. The number of urea groups is 1.